The number of aromatic nitrogens is 2. The smallest absolute Gasteiger partial charge is 0.236 e. The minimum absolute atomic E-state index is 0.635. The molecule has 2 N–H and O–H groups in total. The highest BCUT2D eigenvalue weighted by Crippen LogP contribution is 2.26. The molecule has 0 atom stereocenters. The molecule has 0 amide bonds. The minimum atomic E-state index is 0.635. The Morgan fingerprint density at radius 1 is 1.47 bits per heavy atom. The average Bonchev–Trinajstić information content (AvgIpc) is 2.69. The fraction of sp³-hybridized carbons (Fsp3) is 0.200. The molecule has 78 valence electrons. The van der Waals surface area contributed by atoms with Crippen LogP contribution in [0.15, 0.2) is 33.9 Å². The highest BCUT2D eigenvalue weighted by Gasteiger charge is 2.03. The lowest BCUT2D eigenvalue weighted by molar-refractivity contribution is 0.390. The van der Waals surface area contributed by atoms with E-state index < -0.39 is 0 Å². The Hall–Kier alpha value is -1.49. The SMILES string of the molecule is Cc1cc(N)ccc1SCc1ncno1. The quantitative estimate of drug-likeness (QED) is 0.636. The van der Waals surface area contributed by atoms with Crippen molar-refractivity contribution in [3.05, 3.63) is 36.0 Å². The van der Waals surface area contributed by atoms with Crippen LogP contribution in [0.3, 0.4) is 0 Å². The zero-order valence-corrected chi connectivity index (χ0v) is 9.12. The standard InChI is InChI=1S/C10H11N3OS/c1-7-4-8(11)2-3-9(7)15-5-10-12-6-13-14-10/h2-4,6H,5,11H2,1H3. The molecule has 0 aliphatic heterocycles. The summed E-state index contributed by atoms with van der Waals surface area (Å²) < 4.78 is 4.91. The van der Waals surface area contributed by atoms with E-state index in [9.17, 15) is 0 Å². The predicted molar refractivity (Wildman–Crippen MR) is 59.5 cm³/mol. The molecule has 1 aromatic carbocycles. The molecular weight excluding hydrogens is 210 g/mol. The molecule has 15 heavy (non-hydrogen) atoms. The Labute approximate surface area is 91.9 Å². The number of thioether (sulfide) groups is 1. The van der Waals surface area contributed by atoms with Crippen LogP contribution in [0.5, 0.6) is 0 Å². The first-order valence-corrected chi connectivity index (χ1v) is 5.49. The van der Waals surface area contributed by atoms with Crippen molar-refractivity contribution in [1.29, 1.82) is 0 Å². The summed E-state index contributed by atoms with van der Waals surface area (Å²) in [5, 5.41) is 3.55. The van der Waals surface area contributed by atoms with Crippen molar-refractivity contribution in [2.75, 3.05) is 5.73 Å². The third-order valence-corrected chi connectivity index (χ3v) is 3.12. The second-order valence-corrected chi connectivity index (χ2v) is 4.17. The van der Waals surface area contributed by atoms with E-state index in [4.69, 9.17) is 10.3 Å². The molecule has 0 radical (unpaired) electrons. The van der Waals surface area contributed by atoms with Crippen molar-refractivity contribution in [1.82, 2.24) is 10.1 Å². The number of nitrogens with zero attached hydrogens (tertiary/aromatic N) is 2. The number of anilines is 1. The van der Waals surface area contributed by atoms with Crippen molar-refractivity contribution in [3.63, 3.8) is 0 Å². The van der Waals surface area contributed by atoms with E-state index in [1.165, 1.54) is 16.8 Å². The summed E-state index contributed by atoms with van der Waals surface area (Å²) in [4.78, 5) is 5.14. The summed E-state index contributed by atoms with van der Waals surface area (Å²) >= 11 is 1.66. The maximum Gasteiger partial charge on any atom is 0.236 e. The third-order valence-electron chi connectivity index (χ3n) is 1.96. The van der Waals surface area contributed by atoms with Gasteiger partial charge in [-0.2, -0.15) is 4.98 Å². The van der Waals surface area contributed by atoms with E-state index in [0.717, 1.165) is 5.69 Å². The topological polar surface area (TPSA) is 64.9 Å². The summed E-state index contributed by atoms with van der Waals surface area (Å²) in [5.74, 6) is 1.32. The molecule has 4 nitrogen and oxygen atoms in total. The molecule has 0 unspecified atom stereocenters. The van der Waals surface area contributed by atoms with Crippen LogP contribution in [0.1, 0.15) is 11.5 Å². The summed E-state index contributed by atoms with van der Waals surface area (Å²) in [5.41, 5.74) is 7.62. The van der Waals surface area contributed by atoms with Crippen molar-refractivity contribution < 1.29 is 4.52 Å². The molecular formula is C10H11N3OS. The van der Waals surface area contributed by atoms with E-state index >= 15 is 0 Å². The van der Waals surface area contributed by atoms with Crippen molar-refractivity contribution in [2.24, 2.45) is 0 Å². The summed E-state index contributed by atoms with van der Waals surface area (Å²) in [6, 6.07) is 5.85. The van der Waals surface area contributed by atoms with Gasteiger partial charge >= 0.3 is 0 Å². The number of hydrogen-bond acceptors (Lipinski definition) is 5. The fourth-order valence-electron chi connectivity index (χ4n) is 1.23. The van der Waals surface area contributed by atoms with Gasteiger partial charge in [-0.05, 0) is 30.7 Å². The number of hydrogen-bond donors (Lipinski definition) is 1. The molecule has 1 heterocycles. The van der Waals surface area contributed by atoms with Gasteiger partial charge in [0.15, 0.2) is 6.33 Å². The Morgan fingerprint density at radius 2 is 2.33 bits per heavy atom. The van der Waals surface area contributed by atoms with Gasteiger partial charge in [0.25, 0.3) is 0 Å². The molecule has 0 fully saturated rings. The summed E-state index contributed by atoms with van der Waals surface area (Å²) in [6.45, 7) is 2.03. The Balaban J connectivity index is 2.05. The van der Waals surface area contributed by atoms with Gasteiger partial charge in [0, 0.05) is 10.6 Å². The van der Waals surface area contributed by atoms with Gasteiger partial charge in [0.2, 0.25) is 5.89 Å². The van der Waals surface area contributed by atoms with Crippen LogP contribution in [-0.4, -0.2) is 10.1 Å². The number of nitrogens with two attached hydrogens (primary N) is 1. The van der Waals surface area contributed by atoms with Gasteiger partial charge in [-0.25, -0.2) is 0 Å². The lowest BCUT2D eigenvalue weighted by Crippen LogP contribution is -1.88. The van der Waals surface area contributed by atoms with Crippen LogP contribution in [0.25, 0.3) is 0 Å². The zero-order chi connectivity index (χ0) is 10.7. The first-order valence-electron chi connectivity index (χ1n) is 4.50. The number of nitrogen functional groups attached to an aromatic ring is 1. The normalized spacial score (nSPS) is 10.5. The van der Waals surface area contributed by atoms with Crippen LogP contribution in [0, 0.1) is 6.92 Å². The van der Waals surface area contributed by atoms with E-state index in [2.05, 4.69) is 10.1 Å². The molecule has 0 aliphatic carbocycles. The number of aryl methyl sites for hydroxylation is 1. The lowest BCUT2D eigenvalue weighted by Gasteiger charge is -2.04. The molecule has 0 saturated carbocycles. The van der Waals surface area contributed by atoms with Crippen LogP contribution in [-0.2, 0) is 5.75 Å². The second-order valence-electron chi connectivity index (χ2n) is 3.15. The van der Waals surface area contributed by atoms with E-state index in [-0.39, 0.29) is 0 Å². The van der Waals surface area contributed by atoms with Crippen LogP contribution in [0.4, 0.5) is 5.69 Å². The zero-order valence-electron chi connectivity index (χ0n) is 8.30. The Morgan fingerprint density at radius 3 is 3.00 bits per heavy atom. The average molecular weight is 221 g/mol. The van der Waals surface area contributed by atoms with Gasteiger partial charge in [-0.1, -0.05) is 5.16 Å². The summed E-state index contributed by atoms with van der Waals surface area (Å²) in [7, 11) is 0. The van der Waals surface area contributed by atoms with Crippen LogP contribution in [0.2, 0.25) is 0 Å². The monoisotopic (exact) mass is 221 g/mol. The molecule has 0 spiro atoms. The van der Waals surface area contributed by atoms with E-state index in [1.807, 2.05) is 25.1 Å². The minimum Gasteiger partial charge on any atom is -0.399 e. The highest BCUT2D eigenvalue weighted by atomic mass is 32.2. The molecule has 1 aromatic heterocycles. The fourth-order valence-corrected chi connectivity index (χ4v) is 2.09. The van der Waals surface area contributed by atoms with Crippen molar-refractivity contribution in [2.45, 2.75) is 17.6 Å². The van der Waals surface area contributed by atoms with Gasteiger partial charge < -0.3 is 10.3 Å². The van der Waals surface area contributed by atoms with Gasteiger partial charge in [0.05, 0.1) is 5.75 Å². The van der Waals surface area contributed by atoms with Crippen molar-refractivity contribution in [3.8, 4) is 0 Å². The third kappa shape index (κ3) is 2.50. The van der Waals surface area contributed by atoms with Crippen LogP contribution >= 0.6 is 11.8 Å². The molecule has 5 heteroatoms. The first-order chi connectivity index (χ1) is 7.25. The Kier molecular flexibility index (Phi) is 2.91. The van der Waals surface area contributed by atoms with Crippen LogP contribution < -0.4 is 5.73 Å². The lowest BCUT2D eigenvalue weighted by atomic mass is 10.2. The summed E-state index contributed by atoms with van der Waals surface area (Å²) in [6.07, 6.45) is 1.41. The largest absolute Gasteiger partial charge is 0.399 e. The molecule has 0 bridgehead atoms. The van der Waals surface area contributed by atoms with Crippen molar-refractivity contribution >= 4 is 17.4 Å². The van der Waals surface area contributed by atoms with Gasteiger partial charge in [-0.15, -0.1) is 11.8 Å². The Bertz CT molecular complexity index is 442. The maximum atomic E-state index is 5.67. The van der Waals surface area contributed by atoms with E-state index in [1.54, 1.807) is 11.8 Å². The van der Waals surface area contributed by atoms with E-state index in [0.29, 0.717) is 11.6 Å². The molecule has 2 rings (SSSR count). The maximum absolute atomic E-state index is 5.67. The highest BCUT2D eigenvalue weighted by molar-refractivity contribution is 7.98. The number of rotatable bonds is 3. The molecule has 2 aromatic rings. The number of benzene rings is 1. The first kappa shape index (κ1) is 10.0. The van der Waals surface area contributed by atoms with Gasteiger partial charge in [0.1, 0.15) is 0 Å². The predicted octanol–water partition coefficient (Wildman–Crippen LogP) is 2.25. The van der Waals surface area contributed by atoms with Gasteiger partial charge in [-0.3, -0.25) is 0 Å². The molecule has 0 aliphatic rings. The second kappa shape index (κ2) is 4.35. The molecule has 0 saturated heterocycles.